The van der Waals surface area contributed by atoms with Crippen LogP contribution in [-0.4, -0.2) is 10.1 Å². The highest BCUT2D eigenvalue weighted by Crippen LogP contribution is 2.30. The zero-order chi connectivity index (χ0) is 19.9. The number of aromatic nitrogens is 1. The van der Waals surface area contributed by atoms with Crippen LogP contribution in [0, 0.1) is 0 Å². The Morgan fingerprint density at radius 3 is 2.54 bits per heavy atom. The van der Waals surface area contributed by atoms with Crippen LogP contribution in [0.1, 0.15) is 50.5 Å². The summed E-state index contributed by atoms with van der Waals surface area (Å²) in [5.74, 6) is 1.07. The summed E-state index contributed by atoms with van der Waals surface area (Å²) in [5, 5.41) is 10.6. The first-order valence-electron chi connectivity index (χ1n) is 9.82. The number of phenols is 1. The van der Waals surface area contributed by atoms with Crippen LogP contribution >= 0.6 is 11.6 Å². The fourth-order valence-corrected chi connectivity index (χ4v) is 3.28. The molecule has 1 atom stereocenters. The van der Waals surface area contributed by atoms with Gasteiger partial charge in [0.15, 0.2) is 0 Å². The third-order valence-corrected chi connectivity index (χ3v) is 5.02. The molecule has 3 rings (SSSR count). The lowest BCUT2D eigenvalue weighted by molar-refractivity contribution is 0.186. The maximum atomic E-state index is 9.93. The first-order chi connectivity index (χ1) is 13.6. The quantitative estimate of drug-likeness (QED) is 0.447. The Labute approximate surface area is 172 Å². The molecule has 1 unspecified atom stereocenters. The van der Waals surface area contributed by atoms with Crippen molar-refractivity contribution in [2.45, 2.75) is 45.6 Å². The molecule has 0 spiro atoms. The van der Waals surface area contributed by atoms with E-state index in [1.165, 1.54) is 0 Å². The molecule has 4 heteroatoms. The minimum absolute atomic E-state index is 0.138. The van der Waals surface area contributed by atoms with E-state index >= 15 is 0 Å². The van der Waals surface area contributed by atoms with Crippen LogP contribution in [0.4, 0.5) is 0 Å². The molecule has 0 saturated carbocycles. The van der Waals surface area contributed by atoms with Gasteiger partial charge in [0.25, 0.3) is 0 Å². The fourth-order valence-electron chi connectivity index (χ4n) is 3.15. The van der Waals surface area contributed by atoms with Crippen molar-refractivity contribution >= 4 is 11.6 Å². The fraction of sp³-hybridized carbons (Fsp3) is 0.292. The molecule has 146 valence electrons. The van der Waals surface area contributed by atoms with E-state index in [-0.39, 0.29) is 6.10 Å². The lowest BCUT2D eigenvalue weighted by Crippen LogP contribution is -2.10. The summed E-state index contributed by atoms with van der Waals surface area (Å²) in [6.45, 7) is 4.19. The molecule has 3 nitrogen and oxygen atoms in total. The smallest absolute Gasteiger partial charge is 0.141 e. The average molecular weight is 396 g/mol. The summed E-state index contributed by atoms with van der Waals surface area (Å²) >= 11 is 6.01. The predicted molar refractivity (Wildman–Crippen MR) is 115 cm³/mol. The Bertz CT molecular complexity index is 909. The molecular weight excluding hydrogens is 370 g/mol. The number of ether oxygens (including phenoxy) is 1. The maximum Gasteiger partial charge on any atom is 0.141 e. The van der Waals surface area contributed by atoms with E-state index in [0.29, 0.717) is 10.8 Å². The highest BCUT2D eigenvalue weighted by atomic mass is 35.5. The molecule has 1 N–H and O–H groups in total. The Balaban J connectivity index is 1.89. The first-order valence-corrected chi connectivity index (χ1v) is 10.2. The number of hydrogen-bond donors (Lipinski definition) is 1. The van der Waals surface area contributed by atoms with Gasteiger partial charge in [0.05, 0.1) is 11.4 Å². The third-order valence-electron chi connectivity index (χ3n) is 4.77. The van der Waals surface area contributed by atoms with Crippen molar-refractivity contribution in [3.05, 3.63) is 76.9 Å². The third kappa shape index (κ3) is 5.05. The van der Waals surface area contributed by atoms with Gasteiger partial charge in [-0.15, -0.1) is 0 Å². The molecule has 0 fully saturated rings. The molecule has 0 radical (unpaired) electrons. The van der Waals surface area contributed by atoms with Crippen molar-refractivity contribution in [3.8, 4) is 22.8 Å². The monoisotopic (exact) mass is 395 g/mol. The summed E-state index contributed by atoms with van der Waals surface area (Å²) in [6.07, 6.45) is 3.65. The van der Waals surface area contributed by atoms with E-state index in [1.54, 1.807) is 6.07 Å². The summed E-state index contributed by atoms with van der Waals surface area (Å²) < 4.78 is 6.32. The predicted octanol–water partition coefficient (Wildman–Crippen LogP) is 6.98. The van der Waals surface area contributed by atoms with E-state index in [0.717, 1.165) is 53.9 Å². The van der Waals surface area contributed by atoms with E-state index in [1.807, 2.05) is 61.5 Å². The van der Waals surface area contributed by atoms with Gasteiger partial charge >= 0.3 is 0 Å². The van der Waals surface area contributed by atoms with Gasteiger partial charge in [-0.25, -0.2) is 4.98 Å². The summed E-state index contributed by atoms with van der Waals surface area (Å²) in [5.41, 5.74) is 3.72. The number of halogens is 1. The van der Waals surface area contributed by atoms with Crippen LogP contribution in [-0.2, 0) is 6.42 Å². The molecule has 1 heterocycles. The van der Waals surface area contributed by atoms with Crippen LogP contribution in [0.3, 0.4) is 0 Å². The van der Waals surface area contributed by atoms with Gasteiger partial charge in [0, 0.05) is 10.6 Å². The second-order valence-corrected chi connectivity index (χ2v) is 7.28. The minimum atomic E-state index is -0.138. The average Bonchev–Trinajstić information content (AvgIpc) is 2.73. The molecule has 0 bridgehead atoms. The van der Waals surface area contributed by atoms with Crippen LogP contribution < -0.4 is 4.74 Å². The Kier molecular flexibility index (Phi) is 6.94. The summed E-state index contributed by atoms with van der Waals surface area (Å²) in [4.78, 5) is 4.86. The number of rotatable bonds is 8. The lowest BCUT2D eigenvalue weighted by Gasteiger charge is -2.20. The molecule has 0 saturated heterocycles. The number of hydrogen-bond acceptors (Lipinski definition) is 3. The van der Waals surface area contributed by atoms with E-state index < -0.39 is 0 Å². The molecule has 0 amide bonds. The second-order valence-electron chi connectivity index (χ2n) is 6.85. The number of aromatic hydroxyl groups is 1. The van der Waals surface area contributed by atoms with Crippen molar-refractivity contribution in [1.29, 1.82) is 0 Å². The molecule has 0 aliphatic rings. The maximum absolute atomic E-state index is 9.93. The minimum Gasteiger partial charge on any atom is -0.508 e. The molecule has 2 aromatic carbocycles. The van der Waals surface area contributed by atoms with Crippen LogP contribution in [0.25, 0.3) is 11.3 Å². The van der Waals surface area contributed by atoms with Gasteiger partial charge in [-0.3, -0.25) is 0 Å². The highest BCUT2D eigenvalue weighted by Gasteiger charge is 2.16. The number of nitrogens with zero attached hydrogens (tertiary/aromatic N) is 1. The van der Waals surface area contributed by atoms with E-state index in [4.69, 9.17) is 21.3 Å². The Hall–Kier alpha value is -2.52. The van der Waals surface area contributed by atoms with Crippen molar-refractivity contribution in [2.24, 2.45) is 0 Å². The van der Waals surface area contributed by atoms with Gasteiger partial charge in [-0.05, 0) is 67.3 Å². The number of pyridine rings is 1. The van der Waals surface area contributed by atoms with Crippen LogP contribution in [0.2, 0.25) is 5.02 Å². The molecule has 28 heavy (non-hydrogen) atoms. The molecule has 0 aliphatic carbocycles. The molecule has 3 aromatic rings. The topological polar surface area (TPSA) is 42.4 Å². The number of unbranched alkanes of at least 4 members (excludes halogenated alkanes) is 1. The number of phenolic OH excluding ortho intramolecular Hbond substituents is 1. The van der Waals surface area contributed by atoms with E-state index in [2.05, 4.69) is 6.92 Å². The van der Waals surface area contributed by atoms with Crippen molar-refractivity contribution in [1.82, 2.24) is 4.98 Å². The van der Waals surface area contributed by atoms with Crippen molar-refractivity contribution in [3.63, 3.8) is 0 Å². The first kappa shape index (κ1) is 20.2. The molecule has 0 aliphatic heterocycles. The largest absolute Gasteiger partial charge is 0.508 e. The number of aryl methyl sites for hydroxylation is 1. The van der Waals surface area contributed by atoms with Crippen LogP contribution in [0.15, 0.2) is 60.7 Å². The summed E-state index contributed by atoms with van der Waals surface area (Å²) in [7, 11) is 0. The van der Waals surface area contributed by atoms with Gasteiger partial charge in [-0.1, -0.05) is 50.1 Å². The summed E-state index contributed by atoms with van der Waals surface area (Å²) in [6, 6.07) is 19.2. The second kappa shape index (κ2) is 9.61. The standard InChI is InChI=1S/C24H26ClNO2/c1-3-5-9-24(28-20-14-15-23(27)17(4-2)16-20)22-8-6-7-21(26-22)18-10-12-19(25)13-11-18/h6-8,10-16,24,27H,3-5,9H2,1-2H3. The van der Waals surface area contributed by atoms with E-state index in [9.17, 15) is 5.11 Å². The molecule has 1 aromatic heterocycles. The van der Waals surface area contributed by atoms with Crippen LogP contribution in [0.5, 0.6) is 11.5 Å². The normalized spacial score (nSPS) is 12.0. The van der Waals surface area contributed by atoms with Gasteiger partial charge < -0.3 is 9.84 Å². The van der Waals surface area contributed by atoms with Gasteiger partial charge in [-0.2, -0.15) is 0 Å². The number of benzene rings is 2. The lowest BCUT2D eigenvalue weighted by atomic mass is 10.1. The zero-order valence-electron chi connectivity index (χ0n) is 16.4. The zero-order valence-corrected chi connectivity index (χ0v) is 17.1. The highest BCUT2D eigenvalue weighted by molar-refractivity contribution is 6.30. The van der Waals surface area contributed by atoms with Gasteiger partial charge in [0.2, 0.25) is 0 Å². The molecular formula is C24H26ClNO2. The Morgan fingerprint density at radius 2 is 1.82 bits per heavy atom. The van der Waals surface area contributed by atoms with Crippen molar-refractivity contribution in [2.75, 3.05) is 0 Å². The van der Waals surface area contributed by atoms with Gasteiger partial charge in [0.1, 0.15) is 17.6 Å². The SMILES string of the molecule is CCCCC(Oc1ccc(O)c(CC)c1)c1cccc(-c2ccc(Cl)cc2)n1. The van der Waals surface area contributed by atoms with Crippen molar-refractivity contribution < 1.29 is 9.84 Å². The Morgan fingerprint density at radius 1 is 1.04 bits per heavy atom.